The zero-order valence-corrected chi connectivity index (χ0v) is 33.6. The minimum absolute atomic E-state index is 0.000585. The summed E-state index contributed by atoms with van der Waals surface area (Å²) >= 11 is 0. The van der Waals surface area contributed by atoms with Gasteiger partial charge in [-0.2, -0.15) is 0 Å². The van der Waals surface area contributed by atoms with E-state index in [1.807, 2.05) is 0 Å². The van der Waals surface area contributed by atoms with Gasteiger partial charge < -0.3 is 20.3 Å². The maximum atomic E-state index is 12.7. The van der Waals surface area contributed by atoms with Gasteiger partial charge in [0.25, 0.3) is 0 Å². The Morgan fingerprint density at radius 3 is 2.35 bits per heavy atom. The summed E-state index contributed by atoms with van der Waals surface area (Å²) in [6.45, 7) is 14.7. The van der Waals surface area contributed by atoms with Crippen LogP contribution in [0.25, 0.3) is 0 Å². The number of ketones is 1. The molecule has 1 saturated heterocycles. The number of rotatable bonds is 19. The Morgan fingerprint density at radius 2 is 1.62 bits per heavy atom. The molecule has 8 nitrogen and oxygen atoms in total. The van der Waals surface area contributed by atoms with E-state index in [1.165, 1.54) is 51.4 Å². The van der Waals surface area contributed by atoms with E-state index in [4.69, 9.17) is 4.74 Å². The van der Waals surface area contributed by atoms with Crippen LogP contribution in [0.1, 0.15) is 163 Å². The number of fused-ring (bicyclic) bond motifs is 5. The molecule has 8 atom stereocenters. The maximum Gasteiger partial charge on any atom is 0.407 e. The summed E-state index contributed by atoms with van der Waals surface area (Å²) in [4.78, 5) is 49.5. The van der Waals surface area contributed by atoms with E-state index in [9.17, 15) is 19.2 Å². The lowest BCUT2D eigenvalue weighted by Gasteiger charge is -2.58. The van der Waals surface area contributed by atoms with E-state index in [2.05, 4.69) is 51.3 Å². The van der Waals surface area contributed by atoms with Crippen molar-refractivity contribution in [2.45, 2.75) is 169 Å². The van der Waals surface area contributed by atoms with Crippen molar-refractivity contribution in [3.8, 4) is 0 Å². The molecule has 0 aromatic rings. The predicted molar refractivity (Wildman–Crippen MR) is 207 cm³/mol. The Kier molecular flexibility index (Phi) is 14.7. The highest BCUT2D eigenvalue weighted by atomic mass is 16.6. The van der Waals surface area contributed by atoms with Gasteiger partial charge >= 0.3 is 6.09 Å². The molecule has 0 radical (unpaired) electrons. The molecule has 0 aromatic carbocycles. The van der Waals surface area contributed by atoms with Crippen molar-refractivity contribution >= 4 is 23.7 Å². The molecule has 3 saturated carbocycles. The lowest BCUT2D eigenvalue weighted by Crippen LogP contribution is -2.51. The van der Waals surface area contributed by atoms with E-state index in [0.717, 1.165) is 99.7 Å². The topological polar surface area (TPSA) is 105 Å². The van der Waals surface area contributed by atoms with E-state index in [-0.39, 0.29) is 48.2 Å². The number of Topliss-reactive ketones (excluding diaryl/α,β-unsaturated/α-hetero) is 1. The van der Waals surface area contributed by atoms with Crippen LogP contribution in [0.5, 0.6) is 0 Å². The van der Waals surface area contributed by atoms with Gasteiger partial charge in [0.05, 0.1) is 13.0 Å². The highest BCUT2D eigenvalue weighted by Gasteiger charge is 2.59. The fourth-order valence-corrected chi connectivity index (χ4v) is 11.7. The molecule has 1 heterocycles. The van der Waals surface area contributed by atoms with Crippen LogP contribution in [0, 0.1) is 46.3 Å². The number of amides is 3. The van der Waals surface area contributed by atoms with Crippen molar-refractivity contribution in [3.05, 3.63) is 11.6 Å². The number of hydrogen-bond donors (Lipinski definition) is 2. The van der Waals surface area contributed by atoms with E-state index >= 15 is 0 Å². The summed E-state index contributed by atoms with van der Waals surface area (Å²) in [6, 6.07) is 0. The van der Waals surface area contributed by atoms with Gasteiger partial charge in [-0.15, -0.1) is 0 Å². The number of unbranched alkanes of at least 4 members (excludes halogenated alkanes) is 5. The van der Waals surface area contributed by atoms with E-state index in [0.29, 0.717) is 31.5 Å². The normalized spacial score (nSPS) is 31.8. The van der Waals surface area contributed by atoms with Crippen LogP contribution in [0.2, 0.25) is 0 Å². The van der Waals surface area contributed by atoms with Crippen LogP contribution in [-0.2, 0) is 19.1 Å². The number of ether oxygens (including phenoxy) is 1. The first-order chi connectivity index (χ1) is 24.9. The van der Waals surface area contributed by atoms with Gasteiger partial charge in [-0.3, -0.25) is 14.4 Å². The van der Waals surface area contributed by atoms with Crippen LogP contribution in [0.3, 0.4) is 0 Å². The molecule has 8 heteroatoms. The summed E-state index contributed by atoms with van der Waals surface area (Å²) in [5, 5.41) is 6.00. The molecule has 0 aromatic heterocycles. The zero-order valence-electron chi connectivity index (χ0n) is 33.6. The maximum absolute atomic E-state index is 12.7. The van der Waals surface area contributed by atoms with Crippen LogP contribution >= 0.6 is 0 Å². The predicted octanol–water partition coefficient (Wildman–Crippen LogP) is 9.16. The fraction of sp³-hybridized carbons (Fsp3) is 0.864. The monoisotopic (exact) mass is 724 g/mol. The fourth-order valence-electron chi connectivity index (χ4n) is 11.7. The number of nitrogens with one attached hydrogen (secondary N) is 2. The SMILES string of the molecule is CC(C)CCC[C@@H](C)[C@H]1CCC2C3CC=C4C[C@@H](OC(=O)NCCCCCCNC(=O)CCCCCN5CC(=O)CC5=O)CC[C@]4(C)C3CC[C@@]21C. The van der Waals surface area contributed by atoms with Gasteiger partial charge in [-0.1, -0.05) is 84.8 Å². The van der Waals surface area contributed by atoms with E-state index in [1.54, 1.807) is 10.5 Å². The lowest BCUT2D eigenvalue weighted by molar-refractivity contribution is -0.128. The standard InChI is InChI=1S/C44H73N3O5/c1-31(2)14-13-15-32(3)37-19-20-38-36-18-17-33-28-35(21-23-43(33,4)39(36)22-24-44(37,38)5)52-42(51)46-26-11-7-6-10-25-45-40(49)16-9-8-12-27-47-30-34(48)29-41(47)50/h17,31-32,35-39H,6-16,18-30H2,1-5H3,(H,45,49)(H,46,51)/t32-,35+,36?,37-,38?,39?,43+,44-/m1/s1. The van der Waals surface area contributed by atoms with Crippen molar-refractivity contribution in [2.75, 3.05) is 26.2 Å². The molecular formula is C44H73N3O5. The van der Waals surface area contributed by atoms with Crippen molar-refractivity contribution in [1.29, 1.82) is 0 Å². The number of carbonyl (C=O) groups excluding carboxylic acids is 4. The molecule has 1 aliphatic heterocycles. The van der Waals surface area contributed by atoms with Gasteiger partial charge in [-0.05, 0) is 117 Å². The highest BCUT2D eigenvalue weighted by Crippen LogP contribution is 2.67. The van der Waals surface area contributed by atoms with Crippen LogP contribution in [-0.4, -0.2) is 60.9 Å². The largest absolute Gasteiger partial charge is 0.446 e. The molecule has 3 unspecified atom stereocenters. The number of hydrogen-bond acceptors (Lipinski definition) is 5. The summed E-state index contributed by atoms with van der Waals surface area (Å²) in [6.07, 6.45) is 23.2. The van der Waals surface area contributed by atoms with Crippen molar-refractivity contribution < 1.29 is 23.9 Å². The second-order valence-electron chi connectivity index (χ2n) is 18.6. The second kappa shape index (κ2) is 18.8. The Hall–Kier alpha value is -2.38. The molecular weight excluding hydrogens is 650 g/mol. The molecule has 4 aliphatic carbocycles. The molecule has 52 heavy (non-hydrogen) atoms. The quantitative estimate of drug-likeness (QED) is 0.0786. The first-order valence-electron chi connectivity index (χ1n) is 21.6. The summed E-state index contributed by atoms with van der Waals surface area (Å²) in [5.74, 6) is 5.03. The van der Waals surface area contributed by atoms with Crippen LogP contribution < -0.4 is 10.6 Å². The third kappa shape index (κ3) is 10.2. The Labute approximate surface area is 315 Å². The van der Waals surface area contributed by atoms with Crippen molar-refractivity contribution in [1.82, 2.24) is 15.5 Å². The minimum Gasteiger partial charge on any atom is -0.446 e. The van der Waals surface area contributed by atoms with E-state index < -0.39 is 0 Å². The van der Waals surface area contributed by atoms with Crippen molar-refractivity contribution in [3.63, 3.8) is 0 Å². The van der Waals surface area contributed by atoms with Gasteiger partial charge in [0, 0.05) is 32.5 Å². The van der Waals surface area contributed by atoms with Gasteiger partial charge in [-0.25, -0.2) is 4.79 Å². The molecule has 5 rings (SSSR count). The molecule has 2 N–H and O–H groups in total. The third-order valence-electron chi connectivity index (χ3n) is 14.6. The van der Waals surface area contributed by atoms with Crippen LogP contribution in [0.15, 0.2) is 11.6 Å². The lowest BCUT2D eigenvalue weighted by atomic mass is 9.47. The third-order valence-corrected chi connectivity index (χ3v) is 14.6. The first kappa shape index (κ1) is 40.8. The molecule has 3 amide bonds. The van der Waals surface area contributed by atoms with Gasteiger partial charge in [0.1, 0.15) is 6.10 Å². The number of alkyl carbamates (subject to hydrolysis) is 1. The minimum atomic E-state index is -0.274. The smallest absolute Gasteiger partial charge is 0.407 e. The number of carbonyl (C=O) groups is 4. The van der Waals surface area contributed by atoms with Gasteiger partial charge in [0.2, 0.25) is 11.8 Å². The average molecular weight is 724 g/mol. The molecule has 294 valence electrons. The molecule has 5 aliphatic rings. The van der Waals surface area contributed by atoms with Crippen LogP contribution in [0.4, 0.5) is 4.79 Å². The Bertz CT molecular complexity index is 1260. The molecule has 0 spiro atoms. The molecule has 4 fully saturated rings. The summed E-state index contributed by atoms with van der Waals surface area (Å²) in [5.41, 5.74) is 2.35. The Morgan fingerprint density at radius 1 is 0.865 bits per heavy atom. The summed E-state index contributed by atoms with van der Waals surface area (Å²) < 4.78 is 5.98. The second-order valence-corrected chi connectivity index (χ2v) is 18.6. The number of likely N-dealkylation sites (tertiary alicyclic amines) is 1. The van der Waals surface area contributed by atoms with Gasteiger partial charge in [0.15, 0.2) is 5.78 Å². The Balaban J connectivity index is 0.922. The zero-order chi connectivity index (χ0) is 37.3. The summed E-state index contributed by atoms with van der Waals surface area (Å²) in [7, 11) is 0. The first-order valence-corrected chi connectivity index (χ1v) is 21.6. The molecule has 0 bridgehead atoms. The van der Waals surface area contributed by atoms with Crippen molar-refractivity contribution in [2.24, 2.45) is 46.3 Å². The average Bonchev–Trinajstić information content (AvgIpc) is 3.62. The number of nitrogens with zero attached hydrogens (tertiary/aromatic N) is 1. The highest BCUT2D eigenvalue weighted by molar-refractivity contribution is 6.05. The number of allylic oxidation sites excluding steroid dienone is 1.